The van der Waals surface area contributed by atoms with Crippen LogP contribution in [0.15, 0.2) is 22.0 Å². The molecule has 0 saturated heterocycles. The quantitative estimate of drug-likeness (QED) is 0.859. The molecule has 0 saturated carbocycles. The fourth-order valence-electron chi connectivity index (χ4n) is 1.84. The van der Waals surface area contributed by atoms with Crippen LogP contribution in [0.4, 0.5) is 0 Å². The van der Waals surface area contributed by atoms with Crippen LogP contribution in [-0.2, 0) is 13.2 Å². The lowest BCUT2D eigenvalue weighted by Crippen LogP contribution is -2.06. The summed E-state index contributed by atoms with van der Waals surface area (Å²) in [5.74, 6) is 1.43. The first-order valence-corrected chi connectivity index (χ1v) is 7.86. The van der Waals surface area contributed by atoms with E-state index in [1.807, 2.05) is 31.5 Å². The lowest BCUT2D eigenvalue weighted by Gasteiger charge is -2.13. The molecule has 108 valence electrons. The van der Waals surface area contributed by atoms with E-state index in [0.29, 0.717) is 12.4 Å². The van der Waals surface area contributed by atoms with E-state index in [0.717, 1.165) is 33.0 Å². The highest BCUT2D eigenvalue weighted by Crippen LogP contribution is 2.37. The Labute approximate surface area is 131 Å². The highest BCUT2D eigenvalue weighted by atomic mass is 79.9. The minimum Gasteiger partial charge on any atom is -0.493 e. The van der Waals surface area contributed by atoms with Gasteiger partial charge in [0.2, 0.25) is 0 Å². The number of thiazole rings is 1. The van der Waals surface area contributed by atoms with Crippen LogP contribution in [0.25, 0.3) is 0 Å². The number of aryl methyl sites for hydroxylation is 1. The molecular weight excluding hydrogens is 340 g/mol. The summed E-state index contributed by atoms with van der Waals surface area (Å²) in [5, 5.41) is 6.16. The highest BCUT2D eigenvalue weighted by Gasteiger charge is 2.12. The number of nitrogens with zero attached hydrogens (tertiary/aromatic N) is 1. The lowest BCUT2D eigenvalue weighted by molar-refractivity contribution is 0.279. The number of rotatable bonds is 6. The van der Waals surface area contributed by atoms with E-state index in [1.165, 1.54) is 0 Å². The van der Waals surface area contributed by atoms with Crippen LogP contribution < -0.4 is 14.8 Å². The Morgan fingerprint density at radius 1 is 1.40 bits per heavy atom. The van der Waals surface area contributed by atoms with E-state index in [-0.39, 0.29) is 0 Å². The van der Waals surface area contributed by atoms with Gasteiger partial charge in [0.15, 0.2) is 11.5 Å². The van der Waals surface area contributed by atoms with Gasteiger partial charge >= 0.3 is 0 Å². The molecule has 0 spiro atoms. The number of aromatic nitrogens is 1. The monoisotopic (exact) mass is 356 g/mol. The third-order valence-corrected chi connectivity index (χ3v) is 4.11. The summed E-state index contributed by atoms with van der Waals surface area (Å²) in [6.07, 6.45) is 0. The molecule has 2 aromatic rings. The molecule has 0 aliphatic heterocycles. The Bertz CT molecular complexity index is 587. The number of hydrogen-bond donors (Lipinski definition) is 1. The minimum atomic E-state index is 0.435. The lowest BCUT2D eigenvalue weighted by atomic mass is 10.2. The van der Waals surface area contributed by atoms with E-state index in [1.54, 1.807) is 18.4 Å². The SMILES string of the molecule is CNCc1cc(Br)c(OCc2csc(C)n2)c(OC)c1. The van der Waals surface area contributed by atoms with E-state index >= 15 is 0 Å². The average Bonchev–Trinajstić information content (AvgIpc) is 2.83. The Kier molecular flexibility index (Phi) is 5.39. The molecule has 0 bridgehead atoms. The summed E-state index contributed by atoms with van der Waals surface area (Å²) >= 11 is 5.16. The molecule has 2 rings (SSSR count). The van der Waals surface area contributed by atoms with Crippen LogP contribution in [0.2, 0.25) is 0 Å². The van der Waals surface area contributed by atoms with Gasteiger partial charge in [0.25, 0.3) is 0 Å². The Balaban J connectivity index is 2.17. The first kappa shape index (κ1) is 15.3. The van der Waals surface area contributed by atoms with Crippen molar-refractivity contribution in [3.8, 4) is 11.5 Å². The zero-order valence-corrected chi connectivity index (χ0v) is 14.1. The Morgan fingerprint density at radius 3 is 2.80 bits per heavy atom. The van der Waals surface area contributed by atoms with Gasteiger partial charge in [-0.25, -0.2) is 4.98 Å². The van der Waals surface area contributed by atoms with Gasteiger partial charge in [0.1, 0.15) is 6.61 Å². The smallest absolute Gasteiger partial charge is 0.175 e. The van der Waals surface area contributed by atoms with E-state index in [4.69, 9.17) is 9.47 Å². The van der Waals surface area contributed by atoms with Crippen LogP contribution in [0.5, 0.6) is 11.5 Å². The average molecular weight is 357 g/mol. The minimum absolute atomic E-state index is 0.435. The number of nitrogens with one attached hydrogen (secondary N) is 1. The topological polar surface area (TPSA) is 43.4 Å². The molecule has 0 amide bonds. The van der Waals surface area contributed by atoms with Crippen LogP contribution in [0.3, 0.4) is 0 Å². The zero-order chi connectivity index (χ0) is 14.5. The largest absolute Gasteiger partial charge is 0.493 e. The van der Waals surface area contributed by atoms with Gasteiger partial charge < -0.3 is 14.8 Å². The van der Waals surface area contributed by atoms with Crippen molar-refractivity contribution in [2.24, 2.45) is 0 Å². The van der Waals surface area contributed by atoms with Crippen LogP contribution in [0.1, 0.15) is 16.3 Å². The van der Waals surface area contributed by atoms with E-state index in [2.05, 4.69) is 26.2 Å². The summed E-state index contributed by atoms with van der Waals surface area (Å²) in [6.45, 7) is 3.20. The molecule has 1 N–H and O–H groups in total. The maximum absolute atomic E-state index is 5.84. The van der Waals surface area contributed by atoms with Crippen molar-refractivity contribution in [1.29, 1.82) is 0 Å². The normalized spacial score (nSPS) is 10.6. The highest BCUT2D eigenvalue weighted by molar-refractivity contribution is 9.10. The van der Waals surface area contributed by atoms with Crippen LogP contribution >= 0.6 is 27.3 Å². The van der Waals surface area contributed by atoms with Crippen molar-refractivity contribution in [1.82, 2.24) is 10.3 Å². The van der Waals surface area contributed by atoms with Gasteiger partial charge in [-0.05, 0) is 47.6 Å². The number of benzene rings is 1. The first-order valence-electron chi connectivity index (χ1n) is 6.19. The second kappa shape index (κ2) is 7.06. The van der Waals surface area contributed by atoms with Gasteiger partial charge in [-0.2, -0.15) is 0 Å². The molecule has 6 heteroatoms. The summed E-state index contributed by atoms with van der Waals surface area (Å²) in [5.41, 5.74) is 2.06. The zero-order valence-electron chi connectivity index (χ0n) is 11.7. The maximum Gasteiger partial charge on any atom is 0.175 e. The van der Waals surface area contributed by atoms with Crippen molar-refractivity contribution in [3.63, 3.8) is 0 Å². The van der Waals surface area contributed by atoms with E-state index < -0.39 is 0 Å². The van der Waals surface area contributed by atoms with E-state index in [9.17, 15) is 0 Å². The predicted octanol–water partition coefficient (Wildman–Crippen LogP) is 3.52. The van der Waals surface area contributed by atoms with Crippen molar-refractivity contribution in [3.05, 3.63) is 38.3 Å². The maximum atomic E-state index is 5.84. The van der Waals surface area contributed by atoms with Crippen molar-refractivity contribution in [2.75, 3.05) is 14.2 Å². The Hall–Kier alpha value is -1.11. The van der Waals surface area contributed by atoms with Gasteiger partial charge in [0, 0.05) is 11.9 Å². The second-order valence-electron chi connectivity index (χ2n) is 4.29. The fourth-order valence-corrected chi connectivity index (χ4v) is 3.04. The molecule has 20 heavy (non-hydrogen) atoms. The van der Waals surface area contributed by atoms with Crippen molar-refractivity contribution < 1.29 is 9.47 Å². The third kappa shape index (κ3) is 3.71. The Morgan fingerprint density at radius 2 is 2.20 bits per heavy atom. The molecule has 0 aliphatic carbocycles. The van der Waals surface area contributed by atoms with Gasteiger partial charge in [-0.3, -0.25) is 0 Å². The molecular formula is C14H17BrN2O2S. The standard InChI is InChI=1S/C14H17BrN2O2S/c1-9-17-11(8-20-9)7-19-14-12(15)4-10(6-16-2)5-13(14)18-3/h4-5,8,16H,6-7H2,1-3H3. The predicted molar refractivity (Wildman–Crippen MR) is 84.6 cm³/mol. The summed E-state index contributed by atoms with van der Waals surface area (Å²) < 4.78 is 12.1. The molecule has 0 atom stereocenters. The van der Waals surface area contributed by atoms with Crippen LogP contribution in [0, 0.1) is 6.92 Å². The number of ether oxygens (including phenoxy) is 2. The van der Waals surface area contributed by atoms with Gasteiger partial charge in [-0.15, -0.1) is 11.3 Å². The van der Waals surface area contributed by atoms with Crippen molar-refractivity contribution >= 4 is 27.3 Å². The first-order chi connectivity index (χ1) is 9.63. The third-order valence-electron chi connectivity index (χ3n) is 2.70. The molecule has 1 heterocycles. The van der Waals surface area contributed by atoms with Gasteiger partial charge in [-0.1, -0.05) is 0 Å². The fraction of sp³-hybridized carbons (Fsp3) is 0.357. The second-order valence-corrected chi connectivity index (χ2v) is 6.20. The molecule has 0 fully saturated rings. The molecule has 1 aromatic carbocycles. The number of halogens is 1. The van der Waals surface area contributed by atoms with Crippen molar-refractivity contribution in [2.45, 2.75) is 20.1 Å². The molecule has 0 aliphatic rings. The molecule has 0 unspecified atom stereocenters. The molecule has 1 aromatic heterocycles. The summed E-state index contributed by atoms with van der Waals surface area (Å²) in [6, 6.07) is 4.00. The summed E-state index contributed by atoms with van der Waals surface area (Å²) in [7, 11) is 3.56. The number of methoxy groups -OCH3 is 1. The molecule has 4 nitrogen and oxygen atoms in total. The van der Waals surface area contributed by atoms with Gasteiger partial charge in [0.05, 0.1) is 22.3 Å². The van der Waals surface area contributed by atoms with Crippen LogP contribution in [-0.4, -0.2) is 19.1 Å². The number of hydrogen-bond acceptors (Lipinski definition) is 5. The summed E-state index contributed by atoms with van der Waals surface area (Å²) in [4.78, 5) is 4.39. The molecule has 0 radical (unpaired) electrons.